The number of ether oxygens (including phenoxy) is 1. The van der Waals surface area contributed by atoms with Crippen molar-refractivity contribution in [1.82, 2.24) is 19.8 Å². The number of carbonyl (C=O) groups excluding carboxylic acids is 1. The molecule has 3 heterocycles. The summed E-state index contributed by atoms with van der Waals surface area (Å²) < 4.78 is 20.3. The third-order valence-corrected chi connectivity index (χ3v) is 6.07. The first-order valence-electron chi connectivity index (χ1n) is 10.3. The lowest BCUT2D eigenvalue weighted by Gasteiger charge is -2.29. The number of methoxy groups -OCH3 is 1. The van der Waals surface area contributed by atoms with E-state index in [1.807, 2.05) is 17.0 Å². The molecule has 4 rings (SSSR count). The maximum Gasteiger partial charge on any atom is 0.237 e. The summed E-state index contributed by atoms with van der Waals surface area (Å²) in [5, 5.41) is 0. The fraction of sp³-hybridized carbons (Fsp3) is 0.435. The third kappa shape index (κ3) is 4.42. The van der Waals surface area contributed by atoms with Crippen molar-refractivity contribution in [2.45, 2.75) is 25.4 Å². The molecule has 1 amide bonds. The Morgan fingerprint density at radius 1 is 1.27 bits per heavy atom. The first kappa shape index (κ1) is 20.6. The average Bonchev–Trinajstić information content (AvgIpc) is 3.15. The Morgan fingerprint density at radius 2 is 2.07 bits per heavy atom. The van der Waals surface area contributed by atoms with Gasteiger partial charge < -0.3 is 9.64 Å². The standard InChI is InChI=1S/C23H27FN4O2/c1-23(30-2)8-13-27(16-23)15-21(29)28-11-6-17(7-12-28)19-5-4-18(14-20(19)24)22-25-9-3-10-26-22/h3-6,9-10,14H,7-8,11-13,15-16H2,1-2H3. The summed E-state index contributed by atoms with van der Waals surface area (Å²) in [5.41, 5.74) is 2.00. The van der Waals surface area contributed by atoms with Crippen molar-refractivity contribution in [2.24, 2.45) is 0 Å². The molecule has 6 nitrogen and oxygen atoms in total. The van der Waals surface area contributed by atoms with Gasteiger partial charge in [0, 0.05) is 56.8 Å². The highest BCUT2D eigenvalue weighted by molar-refractivity contribution is 5.80. The molecule has 2 aromatic rings. The molecule has 0 aliphatic carbocycles. The monoisotopic (exact) mass is 410 g/mol. The molecule has 1 saturated heterocycles. The Kier molecular flexibility index (Phi) is 5.92. The molecule has 7 heteroatoms. The molecule has 1 atom stereocenters. The van der Waals surface area contributed by atoms with E-state index in [1.54, 1.807) is 31.6 Å². The van der Waals surface area contributed by atoms with E-state index in [-0.39, 0.29) is 17.3 Å². The zero-order valence-corrected chi connectivity index (χ0v) is 17.5. The lowest BCUT2D eigenvalue weighted by atomic mass is 9.97. The van der Waals surface area contributed by atoms with Crippen molar-refractivity contribution in [1.29, 1.82) is 0 Å². The largest absolute Gasteiger partial charge is 0.377 e. The van der Waals surface area contributed by atoms with Gasteiger partial charge in [0.2, 0.25) is 5.91 Å². The second kappa shape index (κ2) is 8.62. The summed E-state index contributed by atoms with van der Waals surface area (Å²) in [7, 11) is 1.72. The topological polar surface area (TPSA) is 58.6 Å². The van der Waals surface area contributed by atoms with E-state index in [0.717, 1.165) is 25.1 Å². The normalized spacial score (nSPS) is 22.2. The first-order valence-corrected chi connectivity index (χ1v) is 10.3. The number of nitrogens with zero attached hydrogens (tertiary/aromatic N) is 4. The molecular formula is C23H27FN4O2. The SMILES string of the molecule is COC1(C)CCN(CC(=O)N2CC=C(c3ccc(-c4ncccn4)cc3F)CC2)C1. The number of benzene rings is 1. The second-order valence-electron chi connectivity index (χ2n) is 8.20. The van der Waals surface area contributed by atoms with Crippen LogP contribution in [0.5, 0.6) is 0 Å². The van der Waals surface area contributed by atoms with Crippen molar-refractivity contribution < 1.29 is 13.9 Å². The number of amides is 1. The van der Waals surface area contributed by atoms with Gasteiger partial charge in [0.1, 0.15) is 5.82 Å². The van der Waals surface area contributed by atoms with E-state index in [9.17, 15) is 9.18 Å². The van der Waals surface area contributed by atoms with E-state index >= 15 is 0 Å². The highest BCUT2D eigenvalue weighted by Crippen LogP contribution is 2.28. The molecule has 2 aliphatic rings. The van der Waals surface area contributed by atoms with Gasteiger partial charge in [0.15, 0.2) is 5.82 Å². The van der Waals surface area contributed by atoms with Crippen LogP contribution in [-0.4, -0.2) is 71.1 Å². The molecule has 1 unspecified atom stereocenters. The predicted molar refractivity (Wildman–Crippen MR) is 113 cm³/mol. The highest BCUT2D eigenvalue weighted by Gasteiger charge is 2.35. The summed E-state index contributed by atoms with van der Waals surface area (Å²) >= 11 is 0. The summed E-state index contributed by atoms with van der Waals surface area (Å²) in [6.45, 7) is 5.23. The van der Waals surface area contributed by atoms with Crippen LogP contribution >= 0.6 is 0 Å². The van der Waals surface area contributed by atoms with Crippen molar-refractivity contribution in [3.05, 3.63) is 54.1 Å². The van der Waals surface area contributed by atoms with E-state index in [1.165, 1.54) is 6.07 Å². The van der Waals surface area contributed by atoms with Gasteiger partial charge in [-0.2, -0.15) is 0 Å². The lowest BCUT2D eigenvalue weighted by molar-refractivity contribution is -0.132. The summed E-state index contributed by atoms with van der Waals surface area (Å²) in [4.78, 5) is 25.0. The number of rotatable bonds is 5. The Bertz CT molecular complexity index is 949. The van der Waals surface area contributed by atoms with Crippen LogP contribution in [0.1, 0.15) is 25.3 Å². The Hall–Kier alpha value is -2.64. The van der Waals surface area contributed by atoms with Crippen LogP contribution in [0.15, 0.2) is 42.7 Å². The summed E-state index contributed by atoms with van der Waals surface area (Å²) in [6.07, 6.45) is 6.81. The van der Waals surface area contributed by atoms with E-state index in [0.29, 0.717) is 43.0 Å². The van der Waals surface area contributed by atoms with Gasteiger partial charge in [-0.15, -0.1) is 0 Å². The Balaban J connectivity index is 1.38. The van der Waals surface area contributed by atoms with Crippen molar-refractivity contribution in [2.75, 3.05) is 39.8 Å². The molecule has 158 valence electrons. The maximum atomic E-state index is 14.8. The van der Waals surface area contributed by atoms with Gasteiger partial charge in [0.05, 0.1) is 12.1 Å². The van der Waals surface area contributed by atoms with E-state index in [2.05, 4.69) is 21.8 Å². The minimum atomic E-state index is -0.290. The van der Waals surface area contributed by atoms with Gasteiger partial charge in [-0.1, -0.05) is 18.2 Å². The Morgan fingerprint density at radius 3 is 2.70 bits per heavy atom. The molecular weight excluding hydrogens is 383 g/mol. The highest BCUT2D eigenvalue weighted by atomic mass is 19.1. The van der Waals surface area contributed by atoms with Crippen LogP contribution in [0.25, 0.3) is 17.0 Å². The summed E-state index contributed by atoms with van der Waals surface area (Å²) in [5.74, 6) is 0.327. The molecule has 0 spiro atoms. The van der Waals surface area contributed by atoms with Gasteiger partial charge >= 0.3 is 0 Å². The third-order valence-electron chi connectivity index (χ3n) is 6.07. The molecule has 0 N–H and O–H groups in total. The first-order chi connectivity index (χ1) is 14.5. The number of hydrogen-bond donors (Lipinski definition) is 0. The number of hydrogen-bond acceptors (Lipinski definition) is 5. The molecule has 0 saturated carbocycles. The van der Waals surface area contributed by atoms with Crippen LogP contribution in [0.2, 0.25) is 0 Å². The smallest absolute Gasteiger partial charge is 0.237 e. The Labute approximate surface area is 176 Å². The second-order valence-corrected chi connectivity index (χ2v) is 8.20. The molecule has 1 aromatic heterocycles. The van der Waals surface area contributed by atoms with Crippen molar-refractivity contribution in [3.63, 3.8) is 0 Å². The van der Waals surface area contributed by atoms with Gasteiger partial charge in [-0.25, -0.2) is 14.4 Å². The molecule has 0 radical (unpaired) electrons. The van der Waals surface area contributed by atoms with Crippen molar-refractivity contribution in [3.8, 4) is 11.4 Å². The van der Waals surface area contributed by atoms with Crippen LogP contribution in [0.4, 0.5) is 4.39 Å². The molecule has 1 aromatic carbocycles. The number of halogens is 1. The predicted octanol–water partition coefficient (Wildman–Crippen LogP) is 3.01. The zero-order chi connectivity index (χ0) is 21.1. The minimum Gasteiger partial charge on any atom is -0.377 e. The fourth-order valence-electron chi connectivity index (χ4n) is 4.12. The number of aromatic nitrogens is 2. The average molecular weight is 410 g/mol. The quantitative estimate of drug-likeness (QED) is 0.759. The summed E-state index contributed by atoms with van der Waals surface area (Å²) in [6, 6.07) is 6.82. The lowest BCUT2D eigenvalue weighted by Crippen LogP contribution is -2.42. The van der Waals surface area contributed by atoms with E-state index < -0.39 is 0 Å². The van der Waals surface area contributed by atoms with E-state index in [4.69, 9.17) is 4.74 Å². The number of carbonyl (C=O) groups is 1. The number of likely N-dealkylation sites (tertiary alicyclic amines) is 1. The molecule has 2 aliphatic heterocycles. The molecule has 0 bridgehead atoms. The minimum absolute atomic E-state index is 0.114. The molecule has 30 heavy (non-hydrogen) atoms. The molecule has 1 fully saturated rings. The fourth-order valence-corrected chi connectivity index (χ4v) is 4.12. The van der Waals surface area contributed by atoms with Crippen LogP contribution in [0, 0.1) is 5.82 Å². The van der Waals surface area contributed by atoms with Crippen LogP contribution < -0.4 is 0 Å². The maximum absolute atomic E-state index is 14.8. The van der Waals surface area contributed by atoms with Crippen LogP contribution in [0.3, 0.4) is 0 Å². The van der Waals surface area contributed by atoms with Crippen LogP contribution in [-0.2, 0) is 9.53 Å². The van der Waals surface area contributed by atoms with Gasteiger partial charge in [0.25, 0.3) is 0 Å². The van der Waals surface area contributed by atoms with Gasteiger partial charge in [-0.3, -0.25) is 9.69 Å². The van der Waals surface area contributed by atoms with Gasteiger partial charge in [-0.05, 0) is 37.5 Å². The van der Waals surface area contributed by atoms with Crippen molar-refractivity contribution >= 4 is 11.5 Å². The zero-order valence-electron chi connectivity index (χ0n) is 17.5.